The van der Waals surface area contributed by atoms with E-state index in [-0.39, 0.29) is 0 Å². The summed E-state index contributed by atoms with van der Waals surface area (Å²) in [6.07, 6.45) is 3.45. The van der Waals surface area contributed by atoms with E-state index in [2.05, 4.69) is 15.0 Å². The molecule has 4 nitrogen and oxygen atoms in total. The van der Waals surface area contributed by atoms with Gasteiger partial charge >= 0.3 is 0 Å². The summed E-state index contributed by atoms with van der Waals surface area (Å²) in [6, 6.07) is 11.5. The molecule has 0 radical (unpaired) electrons. The number of para-hydroxylation sites is 1. The molecule has 2 heterocycles. The maximum atomic E-state index is 5.32. The molecule has 0 saturated carbocycles. The highest BCUT2D eigenvalue weighted by Crippen LogP contribution is 2.28. The molecule has 0 saturated heterocycles. The number of rotatable bonds is 2. The Balaban J connectivity index is 2.19. The first-order valence-electron chi connectivity index (χ1n) is 5.59. The Bertz CT molecular complexity index is 697. The van der Waals surface area contributed by atoms with Gasteiger partial charge in [-0.25, -0.2) is 9.97 Å². The van der Waals surface area contributed by atoms with Gasteiger partial charge in [0.15, 0.2) is 5.65 Å². The highest BCUT2D eigenvalue weighted by molar-refractivity contribution is 5.75. The van der Waals surface area contributed by atoms with Crippen LogP contribution in [0.2, 0.25) is 0 Å². The molecule has 0 bridgehead atoms. The average molecular weight is 237 g/mol. The molecule has 0 N–H and O–H groups in total. The Kier molecular flexibility index (Phi) is 2.61. The number of hydrogen-bond acceptors (Lipinski definition) is 4. The molecule has 0 aliphatic rings. The summed E-state index contributed by atoms with van der Waals surface area (Å²) >= 11 is 0. The molecule has 18 heavy (non-hydrogen) atoms. The van der Waals surface area contributed by atoms with Gasteiger partial charge in [0.1, 0.15) is 11.3 Å². The molecule has 88 valence electrons. The van der Waals surface area contributed by atoms with Gasteiger partial charge in [0.2, 0.25) is 0 Å². The van der Waals surface area contributed by atoms with Crippen molar-refractivity contribution in [1.29, 1.82) is 0 Å². The predicted molar refractivity (Wildman–Crippen MR) is 69.3 cm³/mol. The molecule has 0 spiro atoms. The fourth-order valence-corrected chi connectivity index (χ4v) is 1.84. The molecule has 3 aromatic rings. The largest absolute Gasteiger partial charge is 0.496 e. The highest BCUT2D eigenvalue weighted by Gasteiger charge is 2.07. The second-order valence-electron chi connectivity index (χ2n) is 3.80. The Labute approximate surface area is 104 Å². The smallest absolute Gasteiger partial charge is 0.178 e. The third-order valence-electron chi connectivity index (χ3n) is 2.70. The molecule has 0 aliphatic carbocycles. The van der Waals surface area contributed by atoms with Gasteiger partial charge in [-0.3, -0.25) is 4.98 Å². The number of aromatic nitrogens is 3. The summed E-state index contributed by atoms with van der Waals surface area (Å²) in [5.74, 6) is 0.780. The first-order valence-corrected chi connectivity index (χ1v) is 5.59. The van der Waals surface area contributed by atoms with Crippen molar-refractivity contribution in [2.45, 2.75) is 0 Å². The van der Waals surface area contributed by atoms with Crippen molar-refractivity contribution >= 4 is 11.2 Å². The number of methoxy groups -OCH3 is 1. The maximum absolute atomic E-state index is 5.32. The van der Waals surface area contributed by atoms with Crippen LogP contribution in [0.1, 0.15) is 0 Å². The lowest BCUT2D eigenvalue weighted by molar-refractivity contribution is 0.416. The quantitative estimate of drug-likeness (QED) is 0.687. The summed E-state index contributed by atoms with van der Waals surface area (Å²) in [7, 11) is 1.64. The number of ether oxygens (including phenoxy) is 1. The van der Waals surface area contributed by atoms with Gasteiger partial charge in [0, 0.05) is 11.8 Å². The molecule has 2 aromatic heterocycles. The number of benzene rings is 1. The van der Waals surface area contributed by atoms with Crippen molar-refractivity contribution in [3.8, 4) is 17.0 Å². The van der Waals surface area contributed by atoms with E-state index < -0.39 is 0 Å². The molecule has 1 aromatic carbocycles. The molecule has 0 atom stereocenters. The monoisotopic (exact) mass is 237 g/mol. The minimum atomic E-state index is 0.640. The van der Waals surface area contributed by atoms with Crippen molar-refractivity contribution in [2.75, 3.05) is 7.11 Å². The van der Waals surface area contributed by atoms with Crippen LogP contribution in [0, 0.1) is 0 Å². The van der Waals surface area contributed by atoms with Gasteiger partial charge in [0.25, 0.3) is 0 Å². The van der Waals surface area contributed by atoms with Crippen molar-refractivity contribution in [2.24, 2.45) is 0 Å². The SMILES string of the molecule is COc1ccccc1-c1cnc2cccnc2n1. The van der Waals surface area contributed by atoms with Crippen LogP contribution in [0.25, 0.3) is 22.4 Å². The van der Waals surface area contributed by atoms with Gasteiger partial charge in [-0.15, -0.1) is 0 Å². The van der Waals surface area contributed by atoms with Crippen LogP contribution in [0.15, 0.2) is 48.8 Å². The van der Waals surface area contributed by atoms with E-state index in [0.717, 1.165) is 22.5 Å². The van der Waals surface area contributed by atoms with E-state index in [4.69, 9.17) is 4.74 Å². The van der Waals surface area contributed by atoms with E-state index in [1.807, 2.05) is 36.4 Å². The van der Waals surface area contributed by atoms with Gasteiger partial charge in [0.05, 0.1) is 19.0 Å². The fraction of sp³-hybridized carbons (Fsp3) is 0.0714. The fourth-order valence-electron chi connectivity index (χ4n) is 1.84. The van der Waals surface area contributed by atoms with Crippen molar-refractivity contribution in [3.63, 3.8) is 0 Å². The zero-order chi connectivity index (χ0) is 12.4. The summed E-state index contributed by atoms with van der Waals surface area (Å²) in [4.78, 5) is 13.1. The van der Waals surface area contributed by atoms with Gasteiger partial charge in [-0.1, -0.05) is 12.1 Å². The Morgan fingerprint density at radius 2 is 1.89 bits per heavy atom. The third-order valence-corrected chi connectivity index (χ3v) is 2.70. The zero-order valence-corrected chi connectivity index (χ0v) is 9.87. The molecular weight excluding hydrogens is 226 g/mol. The lowest BCUT2D eigenvalue weighted by atomic mass is 10.1. The topological polar surface area (TPSA) is 47.9 Å². The molecule has 0 unspecified atom stereocenters. The maximum Gasteiger partial charge on any atom is 0.178 e. The number of pyridine rings is 1. The van der Waals surface area contributed by atoms with Crippen molar-refractivity contribution in [1.82, 2.24) is 15.0 Å². The van der Waals surface area contributed by atoms with Crippen LogP contribution in [0.3, 0.4) is 0 Å². The minimum Gasteiger partial charge on any atom is -0.496 e. The Morgan fingerprint density at radius 1 is 1.00 bits per heavy atom. The summed E-state index contributed by atoms with van der Waals surface area (Å²) < 4.78 is 5.32. The summed E-state index contributed by atoms with van der Waals surface area (Å²) in [5, 5.41) is 0. The first kappa shape index (κ1) is 10.7. The van der Waals surface area contributed by atoms with Crippen molar-refractivity contribution < 1.29 is 4.74 Å². The molecule has 4 heteroatoms. The van der Waals surface area contributed by atoms with E-state index in [1.54, 1.807) is 19.5 Å². The number of nitrogens with zero attached hydrogens (tertiary/aromatic N) is 3. The van der Waals surface area contributed by atoms with Crippen LogP contribution in [0.5, 0.6) is 5.75 Å². The van der Waals surface area contributed by atoms with Gasteiger partial charge in [-0.2, -0.15) is 0 Å². The lowest BCUT2D eigenvalue weighted by Crippen LogP contribution is -1.93. The van der Waals surface area contributed by atoms with Crippen molar-refractivity contribution in [3.05, 3.63) is 48.8 Å². The second-order valence-corrected chi connectivity index (χ2v) is 3.80. The van der Waals surface area contributed by atoms with Crippen LogP contribution >= 0.6 is 0 Å². The Hall–Kier alpha value is -2.49. The van der Waals surface area contributed by atoms with E-state index in [0.29, 0.717) is 5.65 Å². The predicted octanol–water partition coefficient (Wildman–Crippen LogP) is 2.70. The molecule has 0 amide bonds. The zero-order valence-electron chi connectivity index (χ0n) is 9.87. The van der Waals surface area contributed by atoms with Gasteiger partial charge < -0.3 is 4.74 Å². The van der Waals surface area contributed by atoms with E-state index in [1.165, 1.54) is 0 Å². The van der Waals surface area contributed by atoms with Crippen LogP contribution in [0.4, 0.5) is 0 Å². The van der Waals surface area contributed by atoms with Gasteiger partial charge in [-0.05, 0) is 24.3 Å². The van der Waals surface area contributed by atoms with Crippen LogP contribution in [-0.2, 0) is 0 Å². The molecule has 0 fully saturated rings. The highest BCUT2D eigenvalue weighted by atomic mass is 16.5. The van der Waals surface area contributed by atoms with Crippen LogP contribution < -0.4 is 4.74 Å². The average Bonchev–Trinajstić information content (AvgIpc) is 2.46. The second kappa shape index (κ2) is 4.41. The first-order chi connectivity index (χ1) is 8.88. The van der Waals surface area contributed by atoms with E-state index in [9.17, 15) is 0 Å². The lowest BCUT2D eigenvalue weighted by Gasteiger charge is -2.07. The molecular formula is C14H11N3O. The minimum absolute atomic E-state index is 0.640. The normalized spacial score (nSPS) is 10.5. The molecule has 3 rings (SSSR count). The van der Waals surface area contributed by atoms with Crippen LogP contribution in [-0.4, -0.2) is 22.1 Å². The number of fused-ring (bicyclic) bond motifs is 1. The summed E-state index contributed by atoms with van der Waals surface area (Å²) in [6.45, 7) is 0. The summed E-state index contributed by atoms with van der Waals surface area (Å²) in [5.41, 5.74) is 3.11. The van der Waals surface area contributed by atoms with E-state index >= 15 is 0 Å². The third kappa shape index (κ3) is 1.78. The number of hydrogen-bond donors (Lipinski definition) is 0. The Morgan fingerprint density at radius 3 is 2.78 bits per heavy atom. The standard InChI is InChI=1S/C14H11N3O/c1-18-13-7-3-2-5-10(13)12-9-16-11-6-4-8-15-14(11)17-12/h2-9H,1H3. The molecule has 0 aliphatic heterocycles.